The number of carboxylic acids is 1. The van der Waals surface area contributed by atoms with E-state index >= 15 is 0 Å². The van der Waals surface area contributed by atoms with Gasteiger partial charge in [0.15, 0.2) is 0 Å². The lowest BCUT2D eigenvalue weighted by Crippen LogP contribution is -2.52. The number of aliphatic carboxylic acids is 1. The van der Waals surface area contributed by atoms with E-state index < -0.39 is 17.6 Å². The van der Waals surface area contributed by atoms with Gasteiger partial charge in [-0.15, -0.1) is 0 Å². The van der Waals surface area contributed by atoms with Gasteiger partial charge < -0.3 is 14.9 Å². The number of aliphatic hydroxyl groups excluding tert-OH is 1. The minimum absolute atomic E-state index is 0.0774. The number of hydrogen-bond donors (Lipinski definition) is 2. The van der Waals surface area contributed by atoms with E-state index in [-0.39, 0.29) is 12.7 Å². The molecule has 1 fully saturated rings. The second-order valence-electron chi connectivity index (χ2n) is 5.28. The van der Waals surface area contributed by atoms with Gasteiger partial charge in [-0.25, -0.2) is 0 Å². The van der Waals surface area contributed by atoms with E-state index in [1.165, 1.54) is 0 Å². The number of rotatable bonds is 7. The fourth-order valence-electron chi connectivity index (χ4n) is 2.60. The Kier molecular flexibility index (Phi) is 5.56. The maximum Gasteiger partial charge on any atom is 0.324 e. The monoisotopic (exact) mass is 259 g/mol. The fourth-order valence-corrected chi connectivity index (χ4v) is 2.60. The van der Waals surface area contributed by atoms with Crippen LogP contribution in [0.5, 0.6) is 0 Å². The van der Waals surface area contributed by atoms with Gasteiger partial charge in [0.25, 0.3) is 0 Å². The molecule has 2 atom stereocenters. The Hall–Kier alpha value is -0.650. The highest BCUT2D eigenvalue weighted by atomic mass is 16.5. The largest absolute Gasteiger partial charge is 0.480 e. The first kappa shape index (κ1) is 15.4. The Morgan fingerprint density at radius 2 is 2.17 bits per heavy atom. The SMILES string of the molecule is CCC1(C(=O)O)CCCN1CC(O)COC(C)C. The molecule has 0 spiro atoms. The summed E-state index contributed by atoms with van der Waals surface area (Å²) in [5.41, 5.74) is -0.793. The van der Waals surface area contributed by atoms with Gasteiger partial charge in [0.1, 0.15) is 5.54 Å². The lowest BCUT2D eigenvalue weighted by Gasteiger charge is -2.35. The molecule has 0 aromatic rings. The van der Waals surface area contributed by atoms with Crippen LogP contribution in [0.3, 0.4) is 0 Å². The zero-order valence-electron chi connectivity index (χ0n) is 11.6. The van der Waals surface area contributed by atoms with Crippen molar-refractivity contribution in [2.24, 2.45) is 0 Å². The molecule has 0 aromatic heterocycles. The number of β-amino-alcohol motifs (C(OH)–C–C–N with tert-alkyl or cyclic N) is 1. The molecule has 1 aliphatic rings. The number of aliphatic hydroxyl groups is 1. The van der Waals surface area contributed by atoms with E-state index in [1.807, 2.05) is 25.7 Å². The minimum Gasteiger partial charge on any atom is -0.480 e. The van der Waals surface area contributed by atoms with Crippen LogP contribution in [0.4, 0.5) is 0 Å². The van der Waals surface area contributed by atoms with E-state index in [9.17, 15) is 15.0 Å². The second-order valence-corrected chi connectivity index (χ2v) is 5.28. The zero-order valence-corrected chi connectivity index (χ0v) is 11.6. The molecule has 1 aliphatic heterocycles. The first-order chi connectivity index (χ1) is 8.42. The van der Waals surface area contributed by atoms with Crippen molar-refractivity contribution in [1.29, 1.82) is 0 Å². The van der Waals surface area contributed by atoms with Crippen molar-refractivity contribution in [2.45, 2.75) is 57.8 Å². The van der Waals surface area contributed by atoms with Gasteiger partial charge in [0, 0.05) is 6.54 Å². The van der Waals surface area contributed by atoms with Crippen molar-refractivity contribution in [2.75, 3.05) is 19.7 Å². The maximum absolute atomic E-state index is 11.5. The van der Waals surface area contributed by atoms with Crippen LogP contribution in [0.15, 0.2) is 0 Å². The number of carbonyl (C=O) groups is 1. The summed E-state index contributed by atoms with van der Waals surface area (Å²) < 4.78 is 5.35. The molecular formula is C13H25NO4. The number of likely N-dealkylation sites (tertiary alicyclic amines) is 1. The van der Waals surface area contributed by atoms with Crippen molar-refractivity contribution < 1.29 is 19.7 Å². The fraction of sp³-hybridized carbons (Fsp3) is 0.923. The van der Waals surface area contributed by atoms with Crippen LogP contribution in [-0.2, 0) is 9.53 Å². The Morgan fingerprint density at radius 1 is 1.50 bits per heavy atom. The van der Waals surface area contributed by atoms with Crippen molar-refractivity contribution >= 4 is 5.97 Å². The summed E-state index contributed by atoms with van der Waals surface area (Å²) in [6.07, 6.45) is 1.55. The molecule has 106 valence electrons. The van der Waals surface area contributed by atoms with E-state index in [1.54, 1.807) is 0 Å². The molecule has 18 heavy (non-hydrogen) atoms. The molecule has 0 bridgehead atoms. The average molecular weight is 259 g/mol. The maximum atomic E-state index is 11.5. The highest BCUT2D eigenvalue weighted by molar-refractivity contribution is 5.79. The van der Waals surface area contributed by atoms with Gasteiger partial charge in [0.05, 0.1) is 18.8 Å². The second kappa shape index (κ2) is 6.50. The Morgan fingerprint density at radius 3 is 2.67 bits per heavy atom. The quantitative estimate of drug-likeness (QED) is 0.716. The number of nitrogens with zero attached hydrogens (tertiary/aromatic N) is 1. The molecule has 0 aromatic carbocycles. The summed E-state index contributed by atoms with van der Waals surface area (Å²) in [6, 6.07) is 0. The van der Waals surface area contributed by atoms with Gasteiger partial charge in [-0.1, -0.05) is 6.92 Å². The third kappa shape index (κ3) is 3.43. The summed E-state index contributed by atoms with van der Waals surface area (Å²) in [6.45, 7) is 7.08. The highest BCUT2D eigenvalue weighted by Gasteiger charge is 2.46. The van der Waals surface area contributed by atoms with Crippen LogP contribution < -0.4 is 0 Å². The molecule has 1 heterocycles. The topological polar surface area (TPSA) is 70.0 Å². The molecule has 0 radical (unpaired) electrons. The average Bonchev–Trinajstić information content (AvgIpc) is 2.70. The lowest BCUT2D eigenvalue weighted by atomic mass is 9.93. The third-order valence-electron chi connectivity index (χ3n) is 3.66. The first-order valence-corrected chi connectivity index (χ1v) is 6.70. The molecule has 1 rings (SSSR count). The van der Waals surface area contributed by atoms with Crippen LogP contribution in [0.2, 0.25) is 0 Å². The van der Waals surface area contributed by atoms with E-state index in [0.717, 1.165) is 13.0 Å². The summed E-state index contributed by atoms with van der Waals surface area (Å²) in [7, 11) is 0. The first-order valence-electron chi connectivity index (χ1n) is 6.70. The number of hydrogen-bond acceptors (Lipinski definition) is 4. The lowest BCUT2D eigenvalue weighted by molar-refractivity contribution is -0.151. The number of ether oxygens (including phenoxy) is 1. The van der Waals surface area contributed by atoms with Gasteiger partial charge in [-0.3, -0.25) is 9.69 Å². The van der Waals surface area contributed by atoms with E-state index in [2.05, 4.69) is 0 Å². The third-order valence-corrected chi connectivity index (χ3v) is 3.66. The van der Waals surface area contributed by atoms with Crippen molar-refractivity contribution in [3.05, 3.63) is 0 Å². The molecule has 0 aliphatic carbocycles. The molecule has 2 unspecified atom stereocenters. The Balaban J connectivity index is 2.57. The summed E-state index contributed by atoms with van der Waals surface area (Å²) >= 11 is 0. The summed E-state index contributed by atoms with van der Waals surface area (Å²) in [4.78, 5) is 13.4. The van der Waals surface area contributed by atoms with Gasteiger partial charge in [-0.05, 0) is 39.7 Å². The van der Waals surface area contributed by atoms with E-state index in [0.29, 0.717) is 19.4 Å². The highest BCUT2D eigenvalue weighted by Crippen LogP contribution is 2.32. The molecule has 5 heteroatoms. The van der Waals surface area contributed by atoms with Crippen LogP contribution in [0.1, 0.15) is 40.0 Å². The van der Waals surface area contributed by atoms with Crippen LogP contribution in [0.25, 0.3) is 0 Å². The molecular weight excluding hydrogens is 234 g/mol. The predicted molar refractivity (Wildman–Crippen MR) is 68.6 cm³/mol. The van der Waals surface area contributed by atoms with Crippen LogP contribution in [0, 0.1) is 0 Å². The van der Waals surface area contributed by atoms with Crippen LogP contribution >= 0.6 is 0 Å². The summed E-state index contributed by atoms with van der Waals surface area (Å²) in [5, 5.41) is 19.3. The van der Waals surface area contributed by atoms with Crippen LogP contribution in [-0.4, -0.2) is 58.5 Å². The van der Waals surface area contributed by atoms with E-state index in [4.69, 9.17) is 4.74 Å². The number of carboxylic acid groups (broad SMARTS) is 1. The van der Waals surface area contributed by atoms with Gasteiger partial charge in [-0.2, -0.15) is 0 Å². The Bertz CT molecular complexity index is 282. The zero-order chi connectivity index (χ0) is 13.8. The van der Waals surface area contributed by atoms with Crippen molar-refractivity contribution in [3.8, 4) is 0 Å². The van der Waals surface area contributed by atoms with Gasteiger partial charge in [0.2, 0.25) is 0 Å². The molecule has 2 N–H and O–H groups in total. The molecule has 0 amide bonds. The van der Waals surface area contributed by atoms with Crippen molar-refractivity contribution in [3.63, 3.8) is 0 Å². The van der Waals surface area contributed by atoms with Crippen molar-refractivity contribution in [1.82, 2.24) is 4.90 Å². The molecule has 1 saturated heterocycles. The normalized spacial score (nSPS) is 26.7. The minimum atomic E-state index is -0.793. The predicted octanol–water partition coefficient (Wildman–Crippen LogP) is 1.10. The summed E-state index contributed by atoms with van der Waals surface area (Å²) in [5.74, 6) is -0.778. The molecule has 5 nitrogen and oxygen atoms in total. The molecule has 0 saturated carbocycles. The van der Waals surface area contributed by atoms with Gasteiger partial charge >= 0.3 is 5.97 Å². The standard InChI is InChI=1S/C13H25NO4/c1-4-13(12(16)17)6-5-7-14(13)8-11(15)9-18-10(2)3/h10-11,15H,4-9H2,1-3H3,(H,16,17). The Labute approximate surface area is 109 Å². The smallest absolute Gasteiger partial charge is 0.324 e.